The van der Waals surface area contributed by atoms with E-state index in [1.54, 1.807) is 24.3 Å². The molecule has 0 aromatic heterocycles. The molecule has 0 fully saturated rings. The molecule has 2 N–H and O–H groups in total. The number of carbonyl (C=O) groups excluding carboxylic acids is 2. The number of aliphatic carboxylic acids is 1. The lowest BCUT2D eigenvalue weighted by atomic mass is 9.93. The van der Waals surface area contributed by atoms with Gasteiger partial charge in [-0.25, -0.2) is 0 Å². The van der Waals surface area contributed by atoms with Crippen molar-refractivity contribution in [3.8, 4) is 11.1 Å². The molecule has 7 heteroatoms. The van der Waals surface area contributed by atoms with Gasteiger partial charge in [0.05, 0.1) is 23.1 Å². The van der Waals surface area contributed by atoms with Gasteiger partial charge in [-0.05, 0) is 60.2 Å². The first-order chi connectivity index (χ1) is 16.3. The zero-order valence-corrected chi connectivity index (χ0v) is 19.1. The van der Waals surface area contributed by atoms with Crippen LogP contribution in [0.15, 0.2) is 72.8 Å². The Morgan fingerprint density at radius 1 is 0.824 bits per heavy atom. The highest BCUT2D eigenvalue weighted by Gasteiger charge is 2.36. The van der Waals surface area contributed by atoms with E-state index in [1.807, 2.05) is 48.5 Å². The van der Waals surface area contributed by atoms with E-state index in [0.29, 0.717) is 22.6 Å². The van der Waals surface area contributed by atoms with Gasteiger partial charge in [-0.2, -0.15) is 0 Å². The number of carboxylic acid groups (broad SMARTS) is 1. The number of rotatable bonds is 9. The van der Waals surface area contributed by atoms with Crippen LogP contribution < -0.4 is 0 Å². The quantitative estimate of drug-likeness (QED) is 0.436. The van der Waals surface area contributed by atoms with Crippen molar-refractivity contribution < 1.29 is 24.6 Å². The number of aliphatic hydroxyl groups excluding tert-OH is 1. The van der Waals surface area contributed by atoms with Gasteiger partial charge in [0.2, 0.25) is 0 Å². The van der Waals surface area contributed by atoms with Crippen molar-refractivity contribution in [2.75, 3.05) is 6.54 Å². The van der Waals surface area contributed by atoms with Crippen LogP contribution >= 0.6 is 11.6 Å². The Kier molecular flexibility index (Phi) is 7.10. The number of carbonyl (C=O) groups is 3. The van der Waals surface area contributed by atoms with Crippen molar-refractivity contribution >= 4 is 29.4 Å². The number of amides is 2. The first-order valence-corrected chi connectivity index (χ1v) is 11.4. The number of carboxylic acids is 1. The molecule has 4 rings (SSSR count). The minimum Gasteiger partial charge on any atom is -0.481 e. The van der Waals surface area contributed by atoms with Gasteiger partial charge in [0.1, 0.15) is 0 Å². The van der Waals surface area contributed by atoms with Crippen molar-refractivity contribution in [1.29, 1.82) is 0 Å². The van der Waals surface area contributed by atoms with Crippen LogP contribution in [0.2, 0.25) is 5.02 Å². The summed E-state index contributed by atoms with van der Waals surface area (Å²) in [4.78, 5) is 37.9. The Hall–Kier alpha value is -3.48. The number of benzene rings is 3. The number of halogens is 1. The molecule has 0 saturated carbocycles. The second-order valence-corrected chi connectivity index (χ2v) is 8.79. The van der Waals surface area contributed by atoms with Gasteiger partial charge in [-0.3, -0.25) is 19.3 Å². The standard InChI is InChI=1S/C27H24ClNO5/c28-20-12-10-19(11-13-20)18-8-5-17(6-9-18)7-14-24(30)23(27(33)34)15-16-29-25(31)21-3-1-2-4-22(21)26(29)32/h1-6,8-13,23-24,30H,7,14-16H2,(H,33,34)/t23-,24-/m1/s1. The highest BCUT2D eigenvalue weighted by molar-refractivity contribution is 6.30. The fourth-order valence-corrected chi connectivity index (χ4v) is 4.34. The molecule has 1 aliphatic heterocycles. The molecule has 3 aromatic carbocycles. The summed E-state index contributed by atoms with van der Waals surface area (Å²) in [7, 11) is 0. The molecule has 6 nitrogen and oxygen atoms in total. The zero-order chi connectivity index (χ0) is 24.2. The Morgan fingerprint density at radius 3 is 1.88 bits per heavy atom. The third-order valence-electron chi connectivity index (χ3n) is 6.18. The molecule has 0 unspecified atom stereocenters. The third kappa shape index (κ3) is 5.03. The largest absolute Gasteiger partial charge is 0.481 e. The second kappa shape index (κ2) is 10.2. The normalized spacial score (nSPS) is 14.7. The van der Waals surface area contributed by atoms with Crippen LogP contribution in [0.3, 0.4) is 0 Å². The van der Waals surface area contributed by atoms with E-state index >= 15 is 0 Å². The van der Waals surface area contributed by atoms with Crippen LogP contribution in [-0.4, -0.2) is 45.5 Å². The van der Waals surface area contributed by atoms with Gasteiger partial charge < -0.3 is 10.2 Å². The number of hydrogen-bond acceptors (Lipinski definition) is 4. The van der Waals surface area contributed by atoms with E-state index in [2.05, 4.69) is 0 Å². The zero-order valence-electron chi connectivity index (χ0n) is 18.4. The average Bonchev–Trinajstić information content (AvgIpc) is 3.08. The lowest BCUT2D eigenvalue weighted by molar-refractivity contribution is -0.146. The number of imide groups is 1. The summed E-state index contributed by atoms with van der Waals surface area (Å²) in [6.07, 6.45) is -0.376. The molecule has 0 aliphatic carbocycles. The minimum absolute atomic E-state index is 0.0164. The summed E-state index contributed by atoms with van der Waals surface area (Å²) in [5.41, 5.74) is 3.69. The van der Waals surface area contributed by atoms with Crippen molar-refractivity contribution in [2.45, 2.75) is 25.4 Å². The first kappa shape index (κ1) is 23.7. The van der Waals surface area contributed by atoms with Gasteiger partial charge in [-0.15, -0.1) is 0 Å². The van der Waals surface area contributed by atoms with Gasteiger partial charge in [0, 0.05) is 11.6 Å². The van der Waals surface area contributed by atoms with Crippen LogP contribution in [0.5, 0.6) is 0 Å². The van der Waals surface area contributed by atoms with Crippen LogP contribution in [0.4, 0.5) is 0 Å². The summed E-state index contributed by atoms with van der Waals surface area (Å²) in [6.45, 7) is -0.0594. The summed E-state index contributed by atoms with van der Waals surface area (Å²) in [5.74, 6) is -3.10. The Balaban J connectivity index is 1.34. The van der Waals surface area contributed by atoms with Crippen molar-refractivity contribution in [3.05, 3.63) is 94.5 Å². The van der Waals surface area contributed by atoms with E-state index in [1.165, 1.54) is 0 Å². The van der Waals surface area contributed by atoms with Crippen LogP contribution in [0.1, 0.15) is 39.1 Å². The molecule has 34 heavy (non-hydrogen) atoms. The van der Waals surface area contributed by atoms with E-state index in [4.69, 9.17) is 11.6 Å². The number of fused-ring (bicyclic) bond motifs is 1. The number of aryl methyl sites for hydroxylation is 1. The summed E-state index contributed by atoms with van der Waals surface area (Å²) < 4.78 is 0. The molecule has 0 spiro atoms. The monoisotopic (exact) mass is 477 g/mol. The lowest BCUT2D eigenvalue weighted by Crippen LogP contribution is -2.36. The van der Waals surface area contributed by atoms with E-state index < -0.39 is 29.8 Å². The Labute approximate surface area is 202 Å². The first-order valence-electron chi connectivity index (χ1n) is 11.1. The maximum absolute atomic E-state index is 12.5. The van der Waals surface area contributed by atoms with Gasteiger partial charge >= 0.3 is 5.97 Å². The molecule has 0 radical (unpaired) electrons. The molecular formula is C27H24ClNO5. The maximum atomic E-state index is 12.5. The fraction of sp³-hybridized carbons (Fsp3) is 0.222. The summed E-state index contributed by atoms with van der Waals surface area (Å²) >= 11 is 5.94. The highest BCUT2D eigenvalue weighted by atomic mass is 35.5. The van der Waals surface area contributed by atoms with E-state index in [0.717, 1.165) is 21.6 Å². The molecule has 174 valence electrons. The van der Waals surface area contributed by atoms with E-state index in [9.17, 15) is 24.6 Å². The van der Waals surface area contributed by atoms with Gasteiger partial charge in [-0.1, -0.05) is 60.1 Å². The maximum Gasteiger partial charge on any atom is 0.309 e. The molecule has 0 bridgehead atoms. The SMILES string of the molecule is O=C(O)[C@H](CCN1C(=O)c2ccccc2C1=O)[C@H](O)CCc1ccc(-c2ccc(Cl)cc2)cc1. The second-order valence-electron chi connectivity index (χ2n) is 8.35. The predicted molar refractivity (Wildman–Crippen MR) is 129 cm³/mol. The van der Waals surface area contributed by atoms with Crippen LogP contribution in [0, 0.1) is 5.92 Å². The molecule has 1 aliphatic rings. The van der Waals surface area contributed by atoms with Gasteiger partial charge in [0.15, 0.2) is 0 Å². The summed E-state index contributed by atoms with van der Waals surface area (Å²) in [5, 5.41) is 20.9. The van der Waals surface area contributed by atoms with Crippen molar-refractivity contribution in [3.63, 3.8) is 0 Å². The number of aliphatic hydroxyl groups is 1. The Morgan fingerprint density at radius 2 is 1.35 bits per heavy atom. The molecule has 2 amide bonds. The topological polar surface area (TPSA) is 94.9 Å². The predicted octanol–water partition coefficient (Wildman–Crippen LogP) is 4.69. The van der Waals surface area contributed by atoms with Crippen molar-refractivity contribution in [2.24, 2.45) is 5.92 Å². The summed E-state index contributed by atoms with van der Waals surface area (Å²) in [6, 6.07) is 21.9. The number of hydrogen-bond donors (Lipinski definition) is 2. The molecule has 1 heterocycles. The molecule has 0 saturated heterocycles. The molecule has 2 atom stereocenters. The Bertz CT molecular complexity index is 1170. The molecule has 3 aromatic rings. The number of nitrogens with zero attached hydrogens (tertiary/aromatic N) is 1. The van der Waals surface area contributed by atoms with Crippen molar-refractivity contribution in [1.82, 2.24) is 4.90 Å². The average molecular weight is 478 g/mol. The van der Waals surface area contributed by atoms with E-state index in [-0.39, 0.29) is 19.4 Å². The third-order valence-corrected chi connectivity index (χ3v) is 6.44. The van der Waals surface area contributed by atoms with Crippen LogP contribution in [-0.2, 0) is 11.2 Å². The minimum atomic E-state index is -1.15. The molecular weight excluding hydrogens is 454 g/mol. The highest BCUT2D eigenvalue weighted by Crippen LogP contribution is 2.25. The van der Waals surface area contributed by atoms with Gasteiger partial charge in [0.25, 0.3) is 11.8 Å². The van der Waals surface area contributed by atoms with Crippen LogP contribution in [0.25, 0.3) is 11.1 Å². The lowest BCUT2D eigenvalue weighted by Gasteiger charge is -2.22. The smallest absolute Gasteiger partial charge is 0.309 e. The fourth-order valence-electron chi connectivity index (χ4n) is 4.21.